The maximum atomic E-state index is 11.6. The topological polar surface area (TPSA) is 94.9 Å². The summed E-state index contributed by atoms with van der Waals surface area (Å²) in [4.78, 5) is 19.8. The predicted octanol–water partition coefficient (Wildman–Crippen LogP) is 1.20. The molecular weight excluding hydrogens is 216 g/mol. The number of carbonyl (C=O) groups is 1. The number of nitrogens with zero attached hydrogens (tertiary/aromatic N) is 6. The molecule has 8 heteroatoms. The van der Waals surface area contributed by atoms with Crippen molar-refractivity contribution in [2.45, 2.75) is 6.42 Å². The Morgan fingerprint density at radius 2 is 2.67 bits per heavy atom. The summed E-state index contributed by atoms with van der Waals surface area (Å²) in [5.41, 5.74) is 8.18. The lowest BCUT2D eigenvalue weighted by Crippen LogP contribution is -2.24. The van der Waals surface area contributed by atoms with Crippen molar-refractivity contribution >= 4 is 22.6 Å². The summed E-state index contributed by atoms with van der Waals surface area (Å²) in [7, 11) is 0. The molecule has 1 atom stereocenters. The van der Waals surface area contributed by atoms with Gasteiger partial charge in [-0.25, -0.2) is 4.98 Å². The monoisotopic (exact) mass is 224 g/mol. The lowest BCUT2D eigenvalue weighted by molar-refractivity contribution is -0.117. The molecule has 1 fully saturated rings. The summed E-state index contributed by atoms with van der Waals surface area (Å²) < 4.78 is 3.84. The van der Waals surface area contributed by atoms with E-state index in [0.29, 0.717) is 24.6 Å². The molecule has 2 heterocycles. The van der Waals surface area contributed by atoms with Gasteiger partial charge in [-0.3, -0.25) is 9.69 Å². The molecule has 1 aromatic heterocycles. The number of hydrogen-bond donors (Lipinski definition) is 0. The third kappa shape index (κ3) is 2.05. The molecular formula is C7H8N6OS. The van der Waals surface area contributed by atoms with E-state index >= 15 is 0 Å². The Bertz CT molecular complexity index is 398. The van der Waals surface area contributed by atoms with Gasteiger partial charge < -0.3 is 0 Å². The van der Waals surface area contributed by atoms with Gasteiger partial charge in [-0.05, 0) is 11.4 Å². The summed E-state index contributed by atoms with van der Waals surface area (Å²) in [5, 5.41) is 4.09. The van der Waals surface area contributed by atoms with Crippen LogP contribution in [0.4, 0.5) is 5.13 Å². The minimum atomic E-state index is 0.0184. The van der Waals surface area contributed by atoms with Crippen molar-refractivity contribution in [3.63, 3.8) is 0 Å². The van der Waals surface area contributed by atoms with Crippen LogP contribution in [0.2, 0.25) is 0 Å². The van der Waals surface area contributed by atoms with Crippen LogP contribution in [0.15, 0.2) is 11.4 Å². The van der Waals surface area contributed by atoms with E-state index in [1.807, 2.05) is 0 Å². The van der Waals surface area contributed by atoms with Gasteiger partial charge in [0.15, 0.2) is 0 Å². The molecule has 0 saturated carbocycles. The molecule has 0 aliphatic carbocycles. The molecule has 0 spiro atoms. The van der Waals surface area contributed by atoms with Crippen molar-refractivity contribution in [3.8, 4) is 0 Å². The molecule has 7 nitrogen and oxygen atoms in total. The molecule has 1 saturated heterocycles. The van der Waals surface area contributed by atoms with Crippen LogP contribution in [0.25, 0.3) is 10.4 Å². The lowest BCUT2D eigenvalue weighted by atomic mass is 10.1. The van der Waals surface area contributed by atoms with Gasteiger partial charge in [0.25, 0.3) is 0 Å². The van der Waals surface area contributed by atoms with E-state index in [4.69, 9.17) is 5.53 Å². The van der Waals surface area contributed by atoms with Crippen molar-refractivity contribution in [1.82, 2.24) is 9.36 Å². The molecule has 15 heavy (non-hydrogen) atoms. The first-order valence-corrected chi connectivity index (χ1v) is 5.16. The Balaban J connectivity index is 2.05. The molecule has 1 amide bonds. The quantitative estimate of drug-likeness (QED) is 0.438. The van der Waals surface area contributed by atoms with E-state index in [1.54, 1.807) is 4.90 Å². The fourth-order valence-corrected chi connectivity index (χ4v) is 2.08. The van der Waals surface area contributed by atoms with Crippen LogP contribution < -0.4 is 4.90 Å². The standard InChI is InChI=1S/C7H8N6OS/c8-12-10-2-5-1-6(14)13(3-5)7-9-4-11-15-7/h4-5H,1-3H2. The lowest BCUT2D eigenvalue weighted by Gasteiger charge is -2.10. The van der Waals surface area contributed by atoms with Crippen LogP contribution in [0.3, 0.4) is 0 Å². The number of carbonyl (C=O) groups excluding carboxylic acids is 1. The Morgan fingerprint density at radius 1 is 1.80 bits per heavy atom. The molecule has 1 aliphatic rings. The highest BCUT2D eigenvalue weighted by molar-refractivity contribution is 7.09. The van der Waals surface area contributed by atoms with Crippen molar-refractivity contribution in [2.75, 3.05) is 18.0 Å². The fourth-order valence-electron chi connectivity index (χ4n) is 1.53. The van der Waals surface area contributed by atoms with E-state index < -0.39 is 0 Å². The van der Waals surface area contributed by atoms with Gasteiger partial charge >= 0.3 is 0 Å². The zero-order chi connectivity index (χ0) is 10.7. The Labute approximate surface area is 89.5 Å². The first kappa shape index (κ1) is 9.88. The molecule has 2 rings (SSSR count). The van der Waals surface area contributed by atoms with Crippen molar-refractivity contribution < 1.29 is 4.79 Å². The zero-order valence-corrected chi connectivity index (χ0v) is 8.59. The second-order valence-electron chi connectivity index (χ2n) is 3.21. The molecule has 1 unspecified atom stereocenters. The smallest absolute Gasteiger partial charge is 0.229 e. The van der Waals surface area contributed by atoms with Gasteiger partial charge in [0.2, 0.25) is 11.0 Å². The molecule has 0 bridgehead atoms. The molecule has 1 aromatic rings. The average molecular weight is 224 g/mol. The van der Waals surface area contributed by atoms with Crippen molar-refractivity contribution in [2.24, 2.45) is 11.0 Å². The molecule has 0 radical (unpaired) electrons. The van der Waals surface area contributed by atoms with Crippen molar-refractivity contribution in [3.05, 3.63) is 16.8 Å². The van der Waals surface area contributed by atoms with E-state index in [0.717, 1.165) is 0 Å². The zero-order valence-electron chi connectivity index (χ0n) is 7.78. The summed E-state index contributed by atoms with van der Waals surface area (Å²) in [6.45, 7) is 0.921. The van der Waals surface area contributed by atoms with E-state index in [-0.39, 0.29) is 11.8 Å². The summed E-state index contributed by atoms with van der Waals surface area (Å²) in [5.74, 6) is 0.113. The molecule has 1 aliphatic heterocycles. The van der Waals surface area contributed by atoms with Crippen molar-refractivity contribution in [1.29, 1.82) is 0 Å². The number of rotatable bonds is 3. The van der Waals surface area contributed by atoms with Gasteiger partial charge in [-0.1, -0.05) is 5.11 Å². The third-order valence-electron chi connectivity index (χ3n) is 2.19. The highest BCUT2D eigenvalue weighted by Crippen LogP contribution is 2.25. The van der Waals surface area contributed by atoms with E-state index in [2.05, 4.69) is 19.4 Å². The Kier molecular flexibility index (Phi) is 2.79. The van der Waals surface area contributed by atoms with E-state index in [9.17, 15) is 4.79 Å². The van der Waals surface area contributed by atoms with Gasteiger partial charge in [0, 0.05) is 36.0 Å². The second kappa shape index (κ2) is 4.24. The number of hydrogen-bond acceptors (Lipinski definition) is 5. The minimum absolute atomic E-state index is 0.0184. The van der Waals surface area contributed by atoms with Crippen LogP contribution in [-0.4, -0.2) is 28.4 Å². The number of amides is 1. The minimum Gasteiger partial charge on any atom is -0.287 e. The third-order valence-corrected chi connectivity index (χ3v) is 2.88. The van der Waals surface area contributed by atoms with Crippen LogP contribution in [0.1, 0.15) is 6.42 Å². The maximum absolute atomic E-state index is 11.6. The summed E-state index contributed by atoms with van der Waals surface area (Å²) >= 11 is 1.19. The number of aromatic nitrogens is 2. The van der Waals surface area contributed by atoms with Gasteiger partial charge in [-0.15, -0.1) is 0 Å². The maximum Gasteiger partial charge on any atom is 0.229 e. The molecule has 78 valence electrons. The van der Waals surface area contributed by atoms with Gasteiger partial charge in [-0.2, -0.15) is 4.37 Å². The first-order valence-electron chi connectivity index (χ1n) is 4.39. The SMILES string of the molecule is [N-]=[N+]=NCC1CC(=O)N(c2ncns2)C1. The van der Waals surface area contributed by atoms with Gasteiger partial charge in [0.1, 0.15) is 6.33 Å². The Hall–Kier alpha value is -1.66. The average Bonchev–Trinajstić information content (AvgIpc) is 2.83. The summed E-state index contributed by atoms with van der Waals surface area (Å²) in [6, 6.07) is 0. The predicted molar refractivity (Wildman–Crippen MR) is 54.4 cm³/mol. The number of anilines is 1. The molecule has 0 N–H and O–H groups in total. The molecule has 0 aromatic carbocycles. The Morgan fingerprint density at radius 3 is 3.33 bits per heavy atom. The highest BCUT2D eigenvalue weighted by atomic mass is 32.1. The van der Waals surface area contributed by atoms with Crippen LogP contribution >= 0.6 is 11.5 Å². The normalized spacial score (nSPS) is 20.4. The largest absolute Gasteiger partial charge is 0.287 e. The van der Waals surface area contributed by atoms with Gasteiger partial charge in [0.05, 0.1) is 0 Å². The number of azide groups is 1. The summed E-state index contributed by atoms with van der Waals surface area (Å²) in [6.07, 6.45) is 1.84. The van der Waals surface area contributed by atoms with Crippen LogP contribution in [0.5, 0.6) is 0 Å². The van der Waals surface area contributed by atoms with Crippen LogP contribution in [0, 0.1) is 5.92 Å². The first-order chi connectivity index (χ1) is 7.31. The van der Waals surface area contributed by atoms with Crippen LogP contribution in [-0.2, 0) is 4.79 Å². The highest BCUT2D eigenvalue weighted by Gasteiger charge is 2.31. The fraction of sp³-hybridized carbons (Fsp3) is 0.571. The second-order valence-corrected chi connectivity index (χ2v) is 3.97. The van der Waals surface area contributed by atoms with E-state index in [1.165, 1.54) is 17.9 Å².